The molecule has 3 rings (SSSR count). The number of aryl methyl sites for hydroxylation is 3. The van der Waals surface area contributed by atoms with E-state index in [-0.39, 0.29) is 0 Å². The second-order valence-electron chi connectivity index (χ2n) is 4.92. The fraction of sp³-hybridized carbons (Fsp3) is 0.429. The SMILES string of the molecule is Cc1nc(Cl)c(NC2CCCc3sccc32)nc1C. The van der Waals surface area contributed by atoms with Crippen LogP contribution in [-0.2, 0) is 6.42 Å². The fourth-order valence-electron chi connectivity index (χ4n) is 2.47. The average Bonchev–Trinajstić information content (AvgIpc) is 2.85. The van der Waals surface area contributed by atoms with E-state index in [0.717, 1.165) is 17.8 Å². The standard InChI is InChI=1S/C14H16ClN3S/c1-8-9(2)17-14(13(15)16-8)18-11-4-3-5-12-10(11)6-7-19-12/h6-7,11H,3-5H2,1-2H3,(H,17,18). The van der Waals surface area contributed by atoms with E-state index in [4.69, 9.17) is 11.6 Å². The van der Waals surface area contributed by atoms with Gasteiger partial charge in [0.2, 0.25) is 0 Å². The Bertz CT molecular complexity index is 609. The lowest BCUT2D eigenvalue weighted by Gasteiger charge is -2.24. The Morgan fingerprint density at radius 3 is 2.95 bits per heavy atom. The predicted octanol–water partition coefficient (Wildman–Crippen LogP) is 4.30. The zero-order chi connectivity index (χ0) is 13.4. The summed E-state index contributed by atoms with van der Waals surface area (Å²) in [4.78, 5) is 10.3. The Morgan fingerprint density at radius 2 is 2.11 bits per heavy atom. The summed E-state index contributed by atoms with van der Waals surface area (Å²) < 4.78 is 0. The van der Waals surface area contributed by atoms with Crippen LogP contribution < -0.4 is 5.32 Å². The van der Waals surface area contributed by atoms with Crippen molar-refractivity contribution in [2.75, 3.05) is 5.32 Å². The van der Waals surface area contributed by atoms with E-state index in [9.17, 15) is 0 Å². The summed E-state index contributed by atoms with van der Waals surface area (Å²) in [6.07, 6.45) is 3.52. The van der Waals surface area contributed by atoms with Crippen LogP contribution in [0.15, 0.2) is 11.4 Å². The van der Waals surface area contributed by atoms with Crippen molar-refractivity contribution < 1.29 is 0 Å². The summed E-state index contributed by atoms with van der Waals surface area (Å²) in [6, 6.07) is 2.52. The summed E-state index contributed by atoms with van der Waals surface area (Å²) in [6.45, 7) is 3.89. The van der Waals surface area contributed by atoms with Gasteiger partial charge in [0.05, 0.1) is 17.4 Å². The number of anilines is 1. The monoisotopic (exact) mass is 293 g/mol. The zero-order valence-electron chi connectivity index (χ0n) is 11.0. The maximum absolute atomic E-state index is 6.19. The second-order valence-corrected chi connectivity index (χ2v) is 6.28. The topological polar surface area (TPSA) is 37.8 Å². The van der Waals surface area contributed by atoms with Gasteiger partial charge in [-0.05, 0) is 50.1 Å². The first kappa shape index (κ1) is 12.9. The van der Waals surface area contributed by atoms with E-state index in [2.05, 4.69) is 26.7 Å². The van der Waals surface area contributed by atoms with E-state index in [1.807, 2.05) is 25.2 Å². The maximum atomic E-state index is 6.19. The third-order valence-corrected chi connectivity index (χ3v) is 4.89. The Balaban J connectivity index is 1.89. The van der Waals surface area contributed by atoms with Crippen LogP contribution in [-0.4, -0.2) is 9.97 Å². The lowest BCUT2D eigenvalue weighted by Crippen LogP contribution is -2.17. The number of nitrogens with zero attached hydrogens (tertiary/aromatic N) is 2. The molecule has 1 aliphatic rings. The lowest BCUT2D eigenvalue weighted by molar-refractivity contribution is 0.606. The van der Waals surface area contributed by atoms with E-state index in [1.54, 1.807) is 0 Å². The quantitative estimate of drug-likeness (QED) is 0.897. The molecule has 1 atom stereocenters. The first-order valence-corrected chi connectivity index (χ1v) is 7.74. The smallest absolute Gasteiger partial charge is 0.171 e. The Morgan fingerprint density at radius 1 is 1.32 bits per heavy atom. The highest BCUT2D eigenvalue weighted by atomic mass is 35.5. The molecule has 2 heterocycles. The zero-order valence-corrected chi connectivity index (χ0v) is 12.6. The minimum absolute atomic E-state index is 0.309. The van der Waals surface area contributed by atoms with Gasteiger partial charge in [0, 0.05) is 4.88 Å². The summed E-state index contributed by atoms with van der Waals surface area (Å²) >= 11 is 8.03. The van der Waals surface area contributed by atoms with Crippen molar-refractivity contribution in [3.8, 4) is 0 Å². The Labute approximate surface area is 122 Å². The molecule has 3 nitrogen and oxygen atoms in total. The van der Waals surface area contributed by atoms with Gasteiger partial charge in [0.15, 0.2) is 11.0 Å². The molecule has 0 amide bonds. The number of thiophene rings is 1. The minimum Gasteiger partial charge on any atom is -0.361 e. The van der Waals surface area contributed by atoms with Gasteiger partial charge in [0.1, 0.15) is 0 Å². The van der Waals surface area contributed by atoms with Crippen molar-refractivity contribution in [1.82, 2.24) is 9.97 Å². The number of fused-ring (bicyclic) bond motifs is 1. The molecule has 0 spiro atoms. The van der Waals surface area contributed by atoms with E-state index in [1.165, 1.54) is 23.3 Å². The maximum Gasteiger partial charge on any atom is 0.171 e. The minimum atomic E-state index is 0.309. The van der Waals surface area contributed by atoms with Gasteiger partial charge in [-0.15, -0.1) is 11.3 Å². The van der Waals surface area contributed by atoms with Crippen LogP contribution in [0.2, 0.25) is 5.15 Å². The van der Waals surface area contributed by atoms with Gasteiger partial charge in [-0.2, -0.15) is 0 Å². The molecule has 0 bridgehead atoms. The first-order chi connectivity index (χ1) is 9.15. The molecule has 5 heteroatoms. The molecule has 2 aromatic heterocycles. The molecular formula is C14H16ClN3S. The van der Waals surface area contributed by atoms with Crippen LogP contribution in [0.5, 0.6) is 0 Å². The van der Waals surface area contributed by atoms with Crippen LogP contribution >= 0.6 is 22.9 Å². The van der Waals surface area contributed by atoms with Gasteiger partial charge in [-0.25, -0.2) is 9.97 Å². The van der Waals surface area contributed by atoms with Crippen molar-refractivity contribution in [2.24, 2.45) is 0 Å². The van der Waals surface area contributed by atoms with Crippen LogP contribution in [0.1, 0.15) is 40.7 Å². The number of nitrogens with one attached hydrogen (secondary N) is 1. The van der Waals surface area contributed by atoms with Crippen molar-refractivity contribution in [3.63, 3.8) is 0 Å². The number of aromatic nitrogens is 2. The van der Waals surface area contributed by atoms with Crippen molar-refractivity contribution >= 4 is 28.8 Å². The van der Waals surface area contributed by atoms with Crippen molar-refractivity contribution in [1.29, 1.82) is 0 Å². The molecule has 2 aromatic rings. The molecule has 1 aliphatic carbocycles. The fourth-order valence-corrected chi connectivity index (χ4v) is 3.68. The van der Waals surface area contributed by atoms with Crippen LogP contribution in [0.3, 0.4) is 0 Å². The van der Waals surface area contributed by atoms with Crippen LogP contribution in [0.25, 0.3) is 0 Å². The first-order valence-electron chi connectivity index (χ1n) is 6.48. The third-order valence-electron chi connectivity index (χ3n) is 3.63. The summed E-state index contributed by atoms with van der Waals surface area (Å²) in [7, 11) is 0. The molecule has 100 valence electrons. The Hall–Kier alpha value is -1.13. The molecule has 1 N–H and O–H groups in total. The van der Waals surface area contributed by atoms with Gasteiger partial charge in [-0.1, -0.05) is 11.6 Å². The Kier molecular flexibility index (Phi) is 3.46. The molecule has 0 aromatic carbocycles. The second kappa shape index (κ2) is 5.10. The van der Waals surface area contributed by atoms with E-state index >= 15 is 0 Å². The van der Waals surface area contributed by atoms with Crippen molar-refractivity contribution in [2.45, 2.75) is 39.2 Å². The lowest BCUT2D eigenvalue weighted by atomic mass is 9.94. The normalized spacial score (nSPS) is 18.2. The molecule has 0 aliphatic heterocycles. The molecule has 0 radical (unpaired) electrons. The molecule has 0 saturated heterocycles. The van der Waals surface area contributed by atoms with E-state index < -0.39 is 0 Å². The molecule has 0 saturated carbocycles. The molecule has 0 fully saturated rings. The van der Waals surface area contributed by atoms with Gasteiger partial charge >= 0.3 is 0 Å². The molecule has 1 unspecified atom stereocenters. The number of hydrogen-bond donors (Lipinski definition) is 1. The highest BCUT2D eigenvalue weighted by molar-refractivity contribution is 7.10. The van der Waals surface area contributed by atoms with Crippen molar-refractivity contribution in [3.05, 3.63) is 38.4 Å². The van der Waals surface area contributed by atoms with Crippen LogP contribution in [0.4, 0.5) is 5.82 Å². The molecule has 19 heavy (non-hydrogen) atoms. The van der Waals surface area contributed by atoms with Gasteiger partial charge < -0.3 is 5.32 Å². The highest BCUT2D eigenvalue weighted by Crippen LogP contribution is 2.36. The molecular weight excluding hydrogens is 278 g/mol. The summed E-state index contributed by atoms with van der Waals surface area (Å²) in [5, 5.41) is 6.09. The highest BCUT2D eigenvalue weighted by Gasteiger charge is 2.22. The predicted molar refractivity (Wildman–Crippen MR) is 80.1 cm³/mol. The number of rotatable bonds is 2. The van der Waals surface area contributed by atoms with E-state index in [0.29, 0.717) is 17.0 Å². The number of halogens is 1. The summed E-state index contributed by atoms with van der Waals surface area (Å²) in [5.74, 6) is 0.703. The summed E-state index contributed by atoms with van der Waals surface area (Å²) in [5.41, 5.74) is 3.20. The largest absolute Gasteiger partial charge is 0.361 e. The van der Waals surface area contributed by atoms with Gasteiger partial charge in [-0.3, -0.25) is 0 Å². The van der Waals surface area contributed by atoms with Gasteiger partial charge in [0.25, 0.3) is 0 Å². The third kappa shape index (κ3) is 2.47. The average molecular weight is 294 g/mol. The number of hydrogen-bond acceptors (Lipinski definition) is 4. The van der Waals surface area contributed by atoms with Crippen LogP contribution in [0, 0.1) is 13.8 Å².